The van der Waals surface area contributed by atoms with Crippen molar-refractivity contribution in [3.8, 4) is 0 Å². The Balaban J connectivity index is 3.05. The highest BCUT2D eigenvalue weighted by molar-refractivity contribution is 6.48. The van der Waals surface area contributed by atoms with Crippen LogP contribution in [0.3, 0.4) is 0 Å². The van der Waals surface area contributed by atoms with Gasteiger partial charge in [-0.25, -0.2) is 0 Å². The molecule has 0 radical (unpaired) electrons. The largest absolute Gasteiger partial charge is 0.327 e. The smallest absolute Gasteiger partial charge is 0.208 e. The summed E-state index contributed by atoms with van der Waals surface area (Å²) in [5.41, 5.74) is 3.58. The van der Waals surface area contributed by atoms with Gasteiger partial charge < -0.3 is 4.53 Å². The van der Waals surface area contributed by atoms with Crippen molar-refractivity contribution in [1.82, 2.24) is 5.48 Å². The normalized spacial score (nSPS) is 9.50. The summed E-state index contributed by atoms with van der Waals surface area (Å²) < 4.78 is 5.09. The highest BCUT2D eigenvalue weighted by Gasteiger charge is 1.91. The van der Waals surface area contributed by atoms with E-state index in [1.54, 1.807) is 0 Å². The third kappa shape index (κ3) is 5.72. The monoisotopic (exact) mass is 131 g/mol. The van der Waals surface area contributed by atoms with Crippen LogP contribution in [0.5, 0.6) is 0 Å². The Morgan fingerprint density at radius 1 is 1.62 bits per heavy atom. The first-order valence-corrected chi connectivity index (χ1v) is 5.48. The Kier molecular flexibility index (Phi) is 3.56. The van der Waals surface area contributed by atoms with Crippen molar-refractivity contribution in [2.45, 2.75) is 20.0 Å². The standard InChI is InChI=1S/C5H13NOSi/c1-5(2)6-7-8(3)4/h6,8H,1H2,2-4H3. The molecular formula is C5H13NOSi. The van der Waals surface area contributed by atoms with E-state index in [-0.39, 0.29) is 0 Å². The fourth-order valence-corrected chi connectivity index (χ4v) is 0.655. The third-order valence-corrected chi connectivity index (χ3v) is 1.06. The Morgan fingerprint density at radius 3 is 2.25 bits per heavy atom. The summed E-state index contributed by atoms with van der Waals surface area (Å²) in [6.07, 6.45) is 0. The van der Waals surface area contributed by atoms with Gasteiger partial charge in [-0.3, -0.25) is 5.48 Å². The van der Waals surface area contributed by atoms with E-state index in [2.05, 4.69) is 25.2 Å². The number of nitrogens with one attached hydrogen (secondary N) is 1. The molecule has 0 aliphatic carbocycles. The van der Waals surface area contributed by atoms with Crippen LogP contribution in [0.4, 0.5) is 0 Å². The van der Waals surface area contributed by atoms with Gasteiger partial charge in [-0.1, -0.05) is 6.58 Å². The molecule has 0 aliphatic rings. The van der Waals surface area contributed by atoms with E-state index in [0.717, 1.165) is 5.70 Å². The van der Waals surface area contributed by atoms with E-state index in [1.807, 2.05) is 6.92 Å². The molecule has 0 heterocycles. The van der Waals surface area contributed by atoms with Crippen LogP contribution in [0.25, 0.3) is 0 Å². The first-order chi connectivity index (χ1) is 3.63. The molecule has 0 spiro atoms. The molecule has 1 N–H and O–H groups in total. The van der Waals surface area contributed by atoms with Crippen molar-refractivity contribution < 1.29 is 4.53 Å². The van der Waals surface area contributed by atoms with Crippen LogP contribution >= 0.6 is 0 Å². The number of rotatable bonds is 3. The van der Waals surface area contributed by atoms with Crippen molar-refractivity contribution in [1.29, 1.82) is 0 Å². The first-order valence-electron chi connectivity index (χ1n) is 2.70. The molecule has 3 heteroatoms. The number of hydroxylamine groups is 1. The fourth-order valence-electron chi connectivity index (χ4n) is 0.218. The van der Waals surface area contributed by atoms with E-state index in [9.17, 15) is 0 Å². The zero-order chi connectivity index (χ0) is 6.57. The Bertz CT molecular complexity index is 82.5. The molecule has 0 saturated heterocycles. The van der Waals surface area contributed by atoms with Gasteiger partial charge in [-0.2, -0.15) is 0 Å². The van der Waals surface area contributed by atoms with Crippen molar-refractivity contribution in [2.75, 3.05) is 0 Å². The SMILES string of the molecule is C=C(C)NO[SiH](C)C. The predicted molar refractivity (Wildman–Crippen MR) is 37.9 cm³/mol. The molecule has 8 heavy (non-hydrogen) atoms. The number of hydrogen-bond donors (Lipinski definition) is 1. The van der Waals surface area contributed by atoms with Gasteiger partial charge in [0.25, 0.3) is 0 Å². The predicted octanol–water partition coefficient (Wildman–Crippen LogP) is 1.02. The van der Waals surface area contributed by atoms with Crippen LogP contribution in [0.15, 0.2) is 12.3 Å². The second-order valence-corrected chi connectivity index (χ2v) is 4.38. The molecule has 48 valence electrons. The Labute approximate surface area is 52.2 Å². The van der Waals surface area contributed by atoms with Crippen LogP contribution in [0, 0.1) is 0 Å². The van der Waals surface area contributed by atoms with Gasteiger partial charge in [0, 0.05) is 5.70 Å². The molecule has 0 unspecified atom stereocenters. The van der Waals surface area contributed by atoms with Crippen molar-refractivity contribution in [2.24, 2.45) is 0 Å². The van der Waals surface area contributed by atoms with Gasteiger partial charge >= 0.3 is 0 Å². The minimum absolute atomic E-state index is 0.867. The molecule has 0 amide bonds. The molecule has 0 bridgehead atoms. The van der Waals surface area contributed by atoms with E-state index in [1.165, 1.54) is 0 Å². The van der Waals surface area contributed by atoms with Gasteiger partial charge in [-0.05, 0) is 20.0 Å². The van der Waals surface area contributed by atoms with Crippen LogP contribution < -0.4 is 5.48 Å². The summed E-state index contributed by atoms with van der Waals surface area (Å²) >= 11 is 0. The van der Waals surface area contributed by atoms with E-state index < -0.39 is 9.04 Å². The second-order valence-electron chi connectivity index (χ2n) is 2.05. The molecule has 0 aromatic heterocycles. The maximum Gasteiger partial charge on any atom is 0.208 e. The summed E-state index contributed by atoms with van der Waals surface area (Å²) in [6.45, 7) is 9.67. The van der Waals surface area contributed by atoms with Crippen LogP contribution in [0.1, 0.15) is 6.92 Å². The maximum absolute atomic E-state index is 5.09. The zero-order valence-corrected chi connectivity index (χ0v) is 6.85. The average molecular weight is 131 g/mol. The number of allylic oxidation sites excluding steroid dienone is 1. The minimum Gasteiger partial charge on any atom is -0.327 e. The van der Waals surface area contributed by atoms with Crippen molar-refractivity contribution in [3.63, 3.8) is 0 Å². The molecule has 0 aromatic carbocycles. The molecule has 0 saturated carbocycles. The van der Waals surface area contributed by atoms with E-state index >= 15 is 0 Å². The molecule has 0 fully saturated rings. The summed E-state index contributed by atoms with van der Waals surface area (Å²) in [4.78, 5) is 0. The fraction of sp³-hybridized carbons (Fsp3) is 0.600. The van der Waals surface area contributed by atoms with Gasteiger partial charge in [0.1, 0.15) is 0 Å². The molecule has 2 nitrogen and oxygen atoms in total. The lowest BCUT2D eigenvalue weighted by molar-refractivity contribution is 0.235. The highest BCUT2D eigenvalue weighted by atomic mass is 28.3. The Hall–Kier alpha value is -0.283. The van der Waals surface area contributed by atoms with Gasteiger partial charge in [0.15, 0.2) is 0 Å². The maximum atomic E-state index is 5.09. The second kappa shape index (κ2) is 3.69. The van der Waals surface area contributed by atoms with Crippen molar-refractivity contribution in [3.05, 3.63) is 12.3 Å². The van der Waals surface area contributed by atoms with Gasteiger partial charge in [0.05, 0.1) is 0 Å². The van der Waals surface area contributed by atoms with Crippen LogP contribution in [-0.4, -0.2) is 9.04 Å². The highest BCUT2D eigenvalue weighted by Crippen LogP contribution is 1.82. The van der Waals surface area contributed by atoms with Gasteiger partial charge in [-0.15, -0.1) is 0 Å². The molecule has 0 atom stereocenters. The molecule has 0 rings (SSSR count). The van der Waals surface area contributed by atoms with Crippen LogP contribution in [0.2, 0.25) is 13.1 Å². The number of hydrogen-bond acceptors (Lipinski definition) is 2. The van der Waals surface area contributed by atoms with E-state index in [0.29, 0.717) is 0 Å². The minimum atomic E-state index is -0.899. The molecule has 0 aromatic rings. The van der Waals surface area contributed by atoms with E-state index in [4.69, 9.17) is 4.53 Å². The first kappa shape index (κ1) is 7.72. The molecular weight excluding hydrogens is 118 g/mol. The summed E-state index contributed by atoms with van der Waals surface area (Å²) in [5.74, 6) is 0. The summed E-state index contributed by atoms with van der Waals surface area (Å²) in [6, 6.07) is 0. The lowest BCUT2D eigenvalue weighted by Crippen LogP contribution is -2.19. The summed E-state index contributed by atoms with van der Waals surface area (Å²) in [5, 5.41) is 0. The lowest BCUT2D eigenvalue weighted by Gasteiger charge is -2.07. The third-order valence-electron chi connectivity index (χ3n) is 0.469. The van der Waals surface area contributed by atoms with Crippen LogP contribution in [-0.2, 0) is 4.53 Å². The van der Waals surface area contributed by atoms with Gasteiger partial charge in [0.2, 0.25) is 9.04 Å². The Morgan fingerprint density at radius 2 is 2.12 bits per heavy atom. The topological polar surface area (TPSA) is 21.3 Å². The molecule has 0 aliphatic heterocycles. The van der Waals surface area contributed by atoms with Crippen molar-refractivity contribution >= 4 is 9.04 Å². The quantitative estimate of drug-likeness (QED) is 0.456. The zero-order valence-electron chi connectivity index (χ0n) is 5.69. The lowest BCUT2D eigenvalue weighted by atomic mass is 10.6. The summed E-state index contributed by atoms with van der Waals surface area (Å²) in [7, 11) is -0.899. The average Bonchev–Trinajstić information content (AvgIpc) is 1.61.